The minimum Gasteiger partial charge on any atom is -0.355 e. The van der Waals surface area contributed by atoms with Crippen molar-refractivity contribution >= 4 is 35.8 Å². The van der Waals surface area contributed by atoms with Gasteiger partial charge in [0.2, 0.25) is 0 Å². The molecule has 2 aliphatic heterocycles. The van der Waals surface area contributed by atoms with Gasteiger partial charge < -0.3 is 20.4 Å². The van der Waals surface area contributed by atoms with Crippen LogP contribution in [0, 0.1) is 0 Å². The van der Waals surface area contributed by atoms with Crippen LogP contribution in [0.25, 0.3) is 0 Å². The average molecular weight is 530 g/mol. The van der Waals surface area contributed by atoms with Crippen LogP contribution in [0.1, 0.15) is 38.2 Å². The lowest BCUT2D eigenvalue weighted by Crippen LogP contribution is -2.46. The molecule has 1 atom stereocenters. The van der Waals surface area contributed by atoms with Gasteiger partial charge in [-0.15, -0.1) is 24.0 Å². The smallest absolute Gasteiger partial charge is 0.191 e. The maximum absolute atomic E-state index is 4.67. The minimum atomic E-state index is 0. The van der Waals surface area contributed by atoms with E-state index in [4.69, 9.17) is 0 Å². The van der Waals surface area contributed by atoms with E-state index in [0.29, 0.717) is 0 Å². The van der Waals surface area contributed by atoms with Crippen LogP contribution >= 0.6 is 24.0 Å². The molecule has 1 aromatic rings. The third-order valence-electron chi connectivity index (χ3n) is 6.25. The Morgan fingerprint density at radius 1 is 1.17 bits per heavy atom. The SMILES string of the molecule is CCC1CCCCN1CCNC(=NC)NCc1cccnc1N1CCN(C)CC1.I. The highest BCUT2D eigenvalue weighted by Crippen LogP contribution is 2.19. The maximum Gasteiger partial charge on any atom is 0.191 e. The van der Waals surface area contributed by atoms with Crippen LogP contribution in [-0.4, -0.2) is 86.7 Å². The molecule has 2 saturated heterocycles. The molecular formula is C22H40IN7. The number of piperidine rings is 1. The van der Waals surface area contributed by atoms with E-state index in [2.05, 4.69) is 55.3 Å². The van der Waals surface area contributed by atoms with Gasteiger partial charge in [-0.05, 0) is 38.9 Å². The highest BCUT2D eigenvalue weighted by molar-refractivity contribution is 14.0. The molecule has 170 valence electrons. The monoisotopic (exact) mass is 529 g/mol. The number of likely N-dealkylation sites (tertiary alicyclic amines) is 1. The first kappa shape index (κ1) is 25.1. The Bertz CT molecular complexity index is 646. The molecule has 2 N–H and O–H groups in total. The fraction of sp³-hybridized carbons (Fsp3) is 0.727. The van der Waals surface area contributed by atoms with Crippen molar-refractivity contribution in [3.05, 3.63) is 23.9 Å². The first-order chi connectivity index (χ1) is 14.2. The summed E-state index contributed by atoms with van der Waals surface area (Å²) in [5.74, 6) is 1.96. The zero-order valence-electron chi connectivity index (χ0n) is 18.9. The molecular weight excluding hydrogens is 489 g/mol. The summed E-state index contributed by atoms with van der Waals surface area (Å²) in [6.45, 7) is 10.5. The number of aliphatic imine (C=N–C) groups is 1. The van der Waals surface area contributed by atoms with Gasteiger partial charge >= 0.3 is 0 Å². The Hall–Kier alpha value is -1.13. The maximum atomic E-state index is 4.67. The van der Waals surface area contributed by atoms with Crippen molar-refractivity contribution in [3.8, 4) is 0 Å². The number of rotatable bonds is 7. The van der Waals surface area contributed by atoms with E-state index in [0.717, 1.165) is 63.6 Å². The number of hydrogen-bond acceptors (Lipinski definition) is 5. The van der Waals surface area contributed by atoms with Gasteiger partial charge in [0.05, 0.1) is 0 Å². The molecule has 2 fully saturated rings. The summed E-state index contributed by atoms with van der Waals surface area (Å²) in [7, 11) is 4.02. The van der Waals surface area contributed by atoms with E-state index < -0.39 is 0 Å². The largest absolute Gasteiger partial charge is 0.355 e. The Morgan fingerprint density at radius 3 is 2.70 bits per heavy atom. The lowest BCUT2D eigenvalue weighted by atomic mass is 10.0. The third kappa shape index (κ3) is 7.23. The third-order valence-corrected chi connectivity index (χ3v) is 6.25. The number of aromatic nitrogens is 1. The number of anilines is 1. The van der Waals surface area contributed by atoms with E-state index in [1.165, 1.54) is 37.8 Å². The summed E-state index contributed by atoms with van der Waals surface area (Å²) in [4.78, 5) is 16.5. The summed E-state index contributed by atoms with van der Waals surface area (Å²) in [5.41, 5.74) is 1.22. The van der Waals surface area contributed by atoms with Crippen molar-refractivity contribution in [2.75, 3.05) is 64.8 Å². The number of nitrogens with one attached hydrogen (secondary N) is 2. The second-order valence-corrected chi connectivity index (χ2v) is 8.22. The van der Waals surface area contributed by atoms with Crippen molar-refractivity contribution in [3.63, 3.8) is 0 Å². The molecule has 3 rings (SSSR count). The number of likely N-dealkylation sites (N-methyl/N-ethyl adjacent to an activating group) is 1. The topological polar surface area (TPSA) is 59.0 Å². The van der Waals surface area contributed by atoms with Crippen molar-refractivity contribution < 1.29 is 0 Å². The van der Waals surface area contributed by atoms with Gasteiger partial charge in [-0.1, -0.05) is 19.4 Å². The first-order valence-electron chi connectivity index (χ1n) is 11.3. The Kier molecular flexibility index (Phi) is 11.2. The summed E-state index contributed by atoms with van der Waals surface area (Å²) in [6.07, 6.45) is 7.21. The quantitative estimate of drug-likeness (QED) is 0.322. The Balaban J connectivity index is 0.00000320. The van der Waals surface area contributed by atoms with Crippen molar-refractivity contribution in [1.29, 1.82) is 0 Å². The molecule has 0 aromatic carbocycles. The van der Waals surface area contributed by atoms with Crippen LogP contribution in [0.3, 0.4) is 0 Å². The van der Waals surface area contributed by atoms with Gasteiger partial charge in [0, 0.05) is 70.7 Å². The zero-order chi connectivity index (χ0) is 20.5. The molecule has 7 nitrogen and oxygen atoms in total. The second-order valence-electron chi connectivity index (χ2n) is 8.22. The second kappa shape index (κ2) is 13.3. The molecule has 0 saturated carbocycles. The van der Waals surface area contributed by atoms with Gasteiger partial charge in [-0.3, -0.25) is 9.89 Å². The predicted octanol–water partition coefficient (Wildman–Crippen LogP) is 2.38. The number of halogens is 1. The molecule has 2 aliphatic rings. The van der Waals surface area contributed by atoms with Crippen LogP contribution in [0.2, 0.25) is 0 Å². The minimum absolute atomic E-state index is 0. The number of guanidine groups is 1. The van der Waals surface area contributed by atoms with Crippen molar-refractivity contribution in [1.82, 2.24) is 25.4 Å². The van der Waals surface area contributed by atoms with Gasteiger partial charge in [-0.2, -0.15) is 0 Å². The Morgan fingerprint density at radius 2 is 1.97 bits per heavy atom. The van der Waals surface area contributed by atoms with E-state index in [9.17, 15) is 0 Å². The van der Waals surface area contributed by atoms with Crippen molar-refractivity contribution in [2.24, 2.45) is 4.99 Å². The average Bonchev–Trinajstić information content (AvgIpc) is 2.77. The molecule has 0 radical (unpaired) electrons. The fourth-order valence-electron chi connectivity index (χ4n) is 4.41. The summed E-state index contributed by atoms with van der Waals surface area (Å²) in [6, 6.07) is 4.94. The molecule has 1 unspecified atom stereocenters. The van der Waals surface area contributed by atoms with Crippen LogP contribution in [0.5, 0.6) is 0 Å². The van der Waals surface area contributed by atoms with Gasteiger partial charge in [-0.25, -0.2) is 4.98 Å². The molecule has 0 spiro atoms. The summed E-state index contributed by atoms with van der Waals surface area (Å²) >= 11 is 0. The molecule has 8 heteroatoms. The molecule has 0 amide bonds. The van der Waals surface area contributed by atoms with E-state index in [-0.39, 0.29) is 24.0 Å². The highest BCUT2D eigenvalue weighted by atomic mass is 127. The van der Waals surface area contributed by atoms with Gasteiger partial charge in [0.15, 0.2) is 5.96 Å². The van der Waals surface area contributed by atoms with Crippen molar-refractivity contribution in [2.45, 2.75) is 45.2 Å². The van der Waals surface area contributed by atoms with E-state index >= 15 is 0 Å². The van der Waals surface area contributed by atoms with Gasteiger partial charge in [0.25, 0.3) is 0 Å². The predicted molar refractivity (Wildman–Crippen MR) is 137 cm³/mol. The van der Waals surface area contributed by atoms with E-state index in [1.807, 2.05) is 19.3 Å². The number of pyridine rings is 1. The lowest BCUT2D eigenvalue weighted by Gasteiger charge is -2.35. The first-order valence-corrected chi connectivity index (χ1v) is 11.3. The summed E-state index contributed by atoms with van der Waals surface area (Å²) < 4.78 is 0. The molecule has 0 bridgehead atoms. The number of nitrogens with zero attached hydrogens (tertiary/aromatic N) is 5. The number of hydrogen-bond donors (Lipinski definition) is 2. The molecule has 3 heterocycles. The lowest BCUT2D eigenvalue weighted by molar-refractivity contribution is 0.147. The van der Waals surface area contributed by atoms with Crippen LogP contribution in [0.15, 0.2) is 23.3 Å². The molecule has 1 aromatic heterocycles. The Labute approximate surface area is 199 Å². The molecule has 0 aliphatic carbocycles. The summed E-state index contributed by atoms with van der Waals surface area (Å²) in [5, 5.41) is 6.97. The fourth-order valence-corrected chi connectivity index (χ4v) is 4.41. The number of piperazine rings is 1. The van der Waals surface area contributed by atoms with Crippen LogP contribution in [-0.2, 0) is 6.54 Å². The highest BCUT2D eigenvalue weighted by Gasteiger charge is 2.20. The van der Waals surface area contributed by atoms with Gasteiger partial charge in [0.1, 0.15) is 5.82 Å². The normalized spacial score (nSPS) is 21.2. The van der Waals surface area contributed by atoms with Crippen LogP contribution in [0.4, 0.5) is 5.82 Å². The zero-order valence-corrected chi connectivity index (χ0v) is 21.3. The van der Waals surface area contributed by atoms with E-state index in [1.54, 1.807) is 0 Å². The van der Waals surface area contributed by atoms with Crippen LogP contribution < -0.4 is 15.5 Å². The standard InChI is InChI=1S/C22H39N7.HI/c1-4-20-9-5-6-12-28(20)13-11-25-22(23-2)26-18-19-8-7-10-24-21(19)29-16-14-27(3)15-17-29;/h7-8,10,20H,4-6,9,11-18H2,1-3H3,(H2,23,25,26);1H. The molecule has 30 heavy (non-hydrogen) atoms.